The predicted octanol–water partition coefficient (Wildman–Crippen LogP) is 1.91. The average molecular weight is 408 g/mol. The molecule has 9 nitrogen and oxygen atoms in total. The number of carboxylic acid groups (broad SMARTS) is 2. The molecule has 1 heterocycles. The van der Waals surface area contributed by atoms with Gasteiger partial charge in [-0.15, -0.1) is 0 Å². The van der Waals surface area contributed by atoms with Crippen molar-refractivity contribution in [2.75, 3.05) is 6.54 Å². The number of pyridine rings is 1. The van der Waals surface area contributed by atoms with E-state index in [4.69, 9.17) is 47.1 Å². The number of carbonyl (C=O) groups is 2. The highest BCUT2D eigenvalue weighted by molar-refractivity contribution is 6.30. The summed E-state index contributed by atoms with van der Waals surface area (Å²) in [6, 6.07) is 10.3. The Bertz CT molecular complexity index is 910. The molecule has 2 aromatic rings. The van der Waals surface area contributed by atoms with E-state index < -0.39 is 18.0 Å². The molecule has 0 bridgehead atoms. The van der Waals surface area contributed by atoms with E-state index in [0.717, 1.165) is 0 Å². The van der Waals surface area contributed by atoms with Crippen molar-refractivity contribution in [1.82, 2.24) is 4.98 Å². The number of nitrogens with zero attached hydrogens (tertiary/aromatic N) is 1. The van der Waals surface area contributed by atoms with Gasteiger partial charge in [0.25, 0.3) is 5.56 Å². The summed E-state index contributed by atoms with van der Waals surface area (Å²) >= 11 is 5.96. The van der Waals surface area contributed by atoms with Gasteiger partial charge < -0.3 is 25.7 Å². The van der Waals surface area contributed by atoms with Gasteiger partial charge in [0.2, 0.25) is 0 Å². The summed E-state index contributed by atoms with van der Waals surface area (Å²) in [6.45, 7) is 0.491. The second kappa shape index (κ2) is 11.4. The molecule has 148 valence electrons. The van der Waals surface area contributed by atoms with Gasteiger partial charge in [-0.05, 0) is 43.7 Å². The topological polar surface area (TPSA) is 166 Å². The van der Waals surface area contributed by atoms with Crippen molar-refractivity contribution in [3.8, 4) is 11.8 Å². The summed E-state index contributed by atoms with van der Waals surface area (Å²) in [6.07, 6.45) is 2.34. The Hall–Kier alpha value is -3.35. The lowest BCUT2D eigenvalue weighted by molar-refractivity contribution is -0.159. The van der Waals surface area contributed by atoms with Crippen molar-refractivity contribution in [3.63, 3.8) is 0 Å². The molecule has 2 rings (SSSR count). The summed E-state index contributed by atoms with van der Waals surface area (Å²) in [4.78, 5) is 32.8. The standard InChI is InChI=1S/C16H16ClN3O2.C2H2O4/c17-12-6-5-11(10-19)15(9-12)22-14(4-1-7-18)13-3-2-8-20-16(13)21;3-1(4)2(5)6/h2-3,5-6,8-9,14H,1,4,7,18H2,(H,20,21);(H,3,4)(H,5,6). The van der Waals surface area contributed by atoms with E-state index in [2.05, 4.69) is 11.1 Å². The van der Waals surface area contributed by atoms with Crippen molar-refractivity contribution < 1.29 is 24.5 Å². The number of ether oxygens (including phenoxy) is 1. The highest BCUT2D eigenvalue weighted by atomic mass is 35.5. The second-order valence-corrected chi connectivity index (χ2v) is 5.79. The van der Waals surface area contributed by atoms with Gasteiger partial charge in [0.15, 0.2) is 0 Å². The van der Waals surface area contributed by atoms with Gasteiger partial charge in [0, 0.05) is 17.3 Å². The van der Waals surface area contributed by atoms with Crippen LogP contribution in [-0.2, 0) is 9.59 Å². The monoisotopic (exact) mass is 407 g/mol. The maximum absolute atomic E-state index is 12.0. The quantitative estimate of drug-likeness (QED) is 0.526. The molecule has 0 saturated heterocycles. The van der Waals surface area contributed by atoms with Gasteiger partial charge in [0.05, 0.1) is 11.1 Å². The van der Waals surface area contributed by atoms with Crippen LogP contribution in [0.25, 0.3) is 0 Å². The molecule has 5 N–H and O–H groups in total. The van der Waals surface area contributed by atoms with Gasteiger partial charge in [-0.2, -0.15) is 5.26 Å². The molecule has 1 atom stereocenters. The highest BCUT2D eigenvalue weighted by Crippen LogP contribution is 2.29. The number of H-pyrrole nitrogens is 1. The molecular weight excluding hydrogens is 390 g/mol. The lowest BCUT2D eigenvalue weighted by atomic mass is 10.1. The smallest absolute Gasteiger partial charge is 0.414 e. The Morgan fingerprint density at radius 3 is 2.50 bits per heavy atom. The molecule has 1 aromatic heterocycles. The van der Waals surface area contributed by atoms with Crippen LogP contribution >= 0.6 is 11.6 Å². The molecule has 0 aliphatic carbocycles. The summed E-state index contributed by atoms with van der Waals surface area (Å²) in [5.74, 6) is -3.29. The zero-order valence-electron chi connectivity index (χ0n) is 14.6. The van der Waals surface area contributed by atoms with Gasteiger partial charge in [-0.25, -0.2) is 9.59 Å². The molecule has 1 aromatic carbocycles. The summed E-state index contributed by atoms with van der Waals surface area (Å²) < 4.78 is 5.90. The van der Waals surface area contributed by atoms with Gasteiger partial charge in [0.1, 0.15) is 17.9 Å². The fraction of sp³-hybridized carbons (Fsp3) is 0.222. The van der Waals surface area contributed by atoms with E-state index in [1.165, 1.54) is 0 Å². The molecule has 0 aliphatic rings. The first-order valence-electron chi connectivity index (χ1n) is 8.00. The van der Waals surface area contributed by atoms with E-state index in [1.807, 2.05) is 0 Å². The molecule has 0 aliphatic heterocycles. The van der Waals surface area contributed by atoms with Crippen LogP contribution in [0.1, 0.15) is 30.1 Å². The third kappa shape index (κ3) is 7.11. The number of aromatic nitrogens is 1. The molecule has 0 amide bonds. The Balaban J connectivity index is 0.000000568. The predicted molar refractivity (Wildman–Crippen MR) is 100 cm³/mol. The van der Waals surface area contributed by atoms with E-state index in [1.54, 1.807) is 36.5 Å². The van der Waals surface area contributed by atoms with Crippen molar-refractivity contribution >= 4 is 23.5 Å². The van der Waals surface area contributed by atoms with Gasteiger partial charge >= 0.3 is 11.9 Å². The molecule has 10 heteroatoms. The second-order valence-electron chi connectivity index (χ2n) is 5.35. The first-order valence-corrected chi connectivity index (χ1v) is 8.38. The number of carboxylic acids is 2. The van der Waals surface area contributed by atoms with Gasteiger partial charge in [-0.1, -0.05) is 11.6 Å². The SMILES string of the molecule is N#Cc1ccc(Cl)cc1OC(CCCN)c1ccc[nH]c1=O.O=C(O)C(=O)O. The summed E-state index contributed by atoms with van der Waals surface area (Å²) in [7, 11) is 0. The maximum atomic E-state index is 12.0. The van der Waals surface area contributed by atoms with Crippen LogP contribution in [0.5, 0.6) is 5.75 Å². The van der Waals surface area contributed by atoms with Crippen LogP contribution in [0.15, 0.2) is 41.3 Å². The molecule has 0 spiro atoms. The molecule has 0 saturated carbocycles. The molecular formula is C18H18ClN3O6. The van der Waals surface area contributed by atoms with E-state index in [0.29, 0.717) is 41.3 Å². The van der Waals surface area contributed by atoms with E-state index in [9.17, 15) is 4.79 Å². The first kappa shape index (κ1) is 22.7. The van der Waals surface area contributed by atoms with Crippen LogP contribution in [0, 0.1) is 11.3 Å². The third-order valence-electron chi connectivity index (χ3n) is 3.38. The largest absolute Gasteiger partial charge is 0.484 e. The van der Waals surface area contributed by atoms with Crippen molar-refractivity contribution in [1.29, 1.82) is 5.26 Å². The average Bonchev–Trinajstić information content (AvgIpc) is 2.66. The first-order chi connectivity index (χ1) is 13.3. The molecule has 0 fully saturated rings. The van der Waals surface area contributed by atoms with Crippen molar-refractivity contribution in [2.45, 2.75) is 18.9 Å². The highest BCUT2D eigenvalue weighted by Gasteiger charge is 2.18. The zero-order chi connectivity index (χ0) is 21.1. The Labute approximate surface area is 164 Å². The fourth-order valence-corrected chi connectivity index (χ4v) is 2.27. The minimum atomic E-state index is -1.82. The molecule has 1 unspecified atom stereocenters. The minimum absolute atomic E-state index is 0.218. The number of aromatic amines is 1. The normalized spacial score (nSPS) is 10.8. The number of nitriles is 1. The van der Waals surface area contributed by atoms with Crippen LogP contribution in [0.3, 0.4) is 0 Å². The number of nitrogens with two attached hydrogens (primary N) is 1. The number of nitrogens with one attached hydrogen (secondary N) is 1. The lowest BCUT2D eigenvalue weighted by Gasteiger charge is -2.19. The van der Waals surface area contributed by atoms with Crippen LogP contribution < -0.4 is 16.0 Å². The number of halogens is 1. The van der Waals surface area contributed by atoms with Crippen LogP contribution in [-0.4, -0.2) is 33.7 Å². The Morgan fingerprint density at radius 2 is 1.96 bits per heavy atom. The molecule has 0 radical (unpaired) electrons. The number of hydrogen-bond donors (Lipinski definition) is 4. The summed E-state index contributed by atoms with van der Waals surface area (Å²) in [5, 5.41) is 24.4. The number of rotatable bonds is 6. The van der Waals surface area contributed by atoms with E-state index >= 15 is 0 Å². The number of aliphatic carboxylic acids is 2. The van der Waals surface area contributed by atoms with Crippen LogP contribution in [0.2, 0.25) is 5.02 Å². The van der Waals surface area contributed by atoms with Crippen molar-refractivity contribution in [2.24, 2.45) is 5.73 Å². The number of hydrogen-bond acceptors (Lipinski definition) is 6. The van der Waals surface area contributed by atoms with E-state index in [-0.39, 0.29) is 5.56 Å². The molecule has 28 heavy (non-hydrogen) atoms. The fourth-order valence-electron chi connectivity index (χ4n) is 2.11. The zero-order valence-corrected chi connectivity index (χ0v) is 15.3. The summed E-state index contributed by atoms with van der Waals surface area (Å²) in [5.41, 5.74) is 6.20. The van der Waals surface area contributed by atoms with Crippen LogP contribution in [0.4, 0.5) is 0 Å². The van der Waals surface area contributed by atoms with Gasteiger partial charge in [-0.3, -0.25) is 4.79 Å². The third-order valence-corrected chi connectivity index (χ3v) is 3.62. The number of benzene rings is 1. The maximum Gasteiger partial charge on any atom is 0.414 e. The lowest BCUT2D eigenvalue weighted by Crippen LogP contribution is -2.20. The Kier molecular flexibility index (Phi) is 9.22. The Morgan fingerprint density at radius 1 is 1.29 bits per heavy atom. The van der Waals surface area contributed by atoms with Crippen molar-refractivity contribution in [3.05, 3.63) is 63.0 Å². The minimum Gasteiger partial charge on any atom is -0.484 e.